The number of hydrogen-bond acceptors (Lipinski definition) is 3. The molecule has 4 rings (SSSR count). The van der Waals surface area contributed by atoms with Gasteiger partial charge >= 0.3 is 0 Å². The SMILES string of the molecule is CC(C)n1cc(C(=O)N2CC3CC4CC3C2C4O)cn1. The van der Waals surface area contributed by atoms with E-state index in [-0.39, 0.29) is 24.1 Å². The molecule has 1 aliphatic heterocycles. The van der Waals surface area contributed by atoms with E-state index in [0.29, 0.717) is 23.3 Å². The van der Waals surface area contributed by atoms with Crippen molar-refractivity contribution in [1.29, 1.82) is 0 Å². The highest BCUT2D eigenvalue weighted by atomic mass is 16.3. The Morgan fingerprint density at radius 1 is 1.40 bits per heavy atom. The van der Waals surface area contributed by atoms with Crippen LogP contribution in [0.2, 0.25) is 0 Å². The molecule has 1 saturated heterocycles. The van der Waals surface area contributed by atoms with Crippen LogP contribution in [0.4, 0.5) is 0 Å². The molecule has 2 saturated carbocycles. The summed E-state index contributed by atoms with van der Waals surface area (Å²) < 4.78 is 1.81. The van der Waals surface area contributed by atoms with Crippen LogP contribution in [0, 0.1) is 17.8 Å². The molecule has 3 fully saturated rings. The molecule has 5 nitrogen and oxygen atoms in total. The second-order valence-electron chi connectivity index (χ2n) is 6.90. The number of carbonyl (C=O) groups is 1. The number of aromatic nitrogens is 2. The summed E-state index contributed by atoms with van der Waals surface area (Å²) in [4.78, 5) is 14.6. The Morgan fingerprint density at radius 3 is 2.85 bits per heavy atom. The Hall–Kier alpha value is -1.36. The smallest absolute Gasteiger partial charge is 0.257 e. The number of aliphatic hydroxyl groups excluding tert-OH is 1. The number of carbonyl (C=O) groups excluding carboxylic acids is 1. The number of fused-ring (bicyclic) bond motifs is 1. The number of nitrogens with zero attached hydrogens (tertiary/aromatic N) is 3. The Kier molecular flexibility index (Phi) is 2.52. The van der Waals surface area contributed by atoms with Gasteiger partial charge in [0.1, 0.15) is 0 Å². The van der Waals surface area contributed by atoms with E-state index in [0.717, 1.165) is 19.4 Å². The molecule has 5 atom stereocenters. The molecule has 108 valence electrons. The van der Waals surface area contributed by atoms with Gasteiger partial charge in [-0.05, 0) is 44.4 Å². The topological polar surface area (TPSA) is 58.4 Å². The lowest BCUT2D eigenvalue weighted by molar-refractivity contribution is 0.0402. The summed E-state index contributed by atoms with van der Waals surface area (Å²) in [5.41, 5.74) is 0.649. The van der Waals surface area contributed by atoms with E-state index in [4.69, 9.17) is 0 Å². The van der Waals surface area contributed by atoms with Gasteiger partial charge in [0.2, 0.25) is 0 Å². The van der Waals surface area contributed by atoms with Crippen molar-refractivity contribution in [2.75, 3.05) is 6.54 Å². The number of hydrogen-bond donors (Lipinski definition) is 1. The van der Waals surface area contributed by atoms with E-state index in [1.807, 2.05) is 29.6 Å². The molecular formula is C15H21N3O2. The molecule has 3 aliphatic rings. The highest BCUT2D eigenvalue weighted by Gasteiger charge is 2.59. The molecule has 2 bridgehead atoms. The molecule has 0 aromatic carbocycles. The van der Waals surface area contributed by atoms with E-state index < -0.39 is 0 Å². The van der Waals surface area contributed by atoms with Gasteiger partial charge in [-0.15, -0.1) is 0 Å². The van der Waals surface area contributed by atoms with Crippen LogP contribution < -0.4 is 0 Å². The van der Waals surface area contributed by atoms with Gasteiger partial charge in [-0.25, -0.2) is 0 Å². The van der Waals surface area contributed by atoms with E-state index >= 15 is 0 Å². The minimum atomic E-state index is -0.317. The first kappa shape index (κ1) is 12.4. The standard InChI is InChI=1S/C15H21N3O2/c1-8(2)18-7-11(5-16-18)15(20)17-6-10-3-9-4-12(10)13(17)14(9)19/h5,7-10,12-14,19H,3-4,6H2,1-2H3. The van der Waals surface area contributed by atoms with Crippen molar-refractivity contribution in [3.05, 3.63) is 18.0 Å². The maximum atomic E-state index is 12.7. The van der Waals surface area contributed by atoms with Crippen LogP contribution in [0.25, 0.3) is 0 Å². The summed E-state index contributed by atoms with van der Waals surface area (Å²) in [5, 5.41) is 14.6. The number of aliphatic hydroxyl groups is 1. The fraction of sp³-hybridized carbons (Fsp3) is 0.733. The minimum absolute atomic E-state index is 0.0380. The summed E-state index contributed by atoms with van der Waals surface area (Å²) in [6.07, 6.45) is 5.36. The number of likely N-dealkylation sites (tertiary alicyclic amines) is 1. The second kappa shape index (κ2) is 4.07. The van der Waals surface area contributed by atoms with Gasteiger partial charge in [-0.1, -0.05) is 0 Å². The quantitative estimate of drug-likeness (QED) is 0.885. The van der Waals surface area contributed by atoms with Gasteiger partial charge in [0.15, 0.2) is 0 Å². The zero-order valence-corrected chi connectivity index (χ0v) is 11.9. The van der Waals surface area contributed by atoms with Gasteiger partial charge < -0.3 is 10.0 Å². The normalized spacial score (nSPS) is 38.2. The second-order valence-corrected chi connectivity index (χ2v) is 6.90. The summed E-state index contributed by atoms with van der Waals surface area (Å²) in [7, 11) is 0. The van der Waals surface area contributed by atoms with Crippen LogP contribution >= 0.6 is 0 Å². The lowest BCUT2D eigenvalue weighted by Crippen LogP contribution is -2.43. The summed E-state index contributed by atoms with van der Waals surface area (Å²) >= 11 is 0. The van der Waals surface area contributed by atoms with Crippen LogP contribution in [0.1, 0.15) is 43.1 Å². The van der Waals surface area contributed by atoms with Gasteiger partial charge in [-0.3, -0.25) is 9.48 Å². The lowest BCUT2D eigenvalue weighted by atomic mass is 9.88. The molecule has 1 amide bonds. The van der Waals surface area contributed by atoms with E-state index in [1.165, 1.54) is 0 Å². The first-order chi connectivity index (χ1) is 9.56. The third-order valence-corrected chi connectivity index (χ3v) is 5.49. The van der Waals surface area contributed by atoms with Crippen LogP contribution in [0.5, 0.6) is 0 Å². The molecule has 1 N–H and O–H groups in total. The molecule has 2 aliphatic carbocycles. The fourth-order valence-corrected chi connectivity index (χ4v) is 4.55. The molecule has 20 heavy (non-hydrogen) atoms. The third kappa shape index (κ3) is 1.53. The molecule has 5 heteroatoms. The summed E-state index contributed by atoms with van der Waals surface area (Å²) in [6, 6.07) is 0.307. The predicted molar refractivity (Wildman–Crippen MR) is 73.1 cm³/mol. The summed E-state index contributed by atoms with van der Waals surface area (Å²) in [5.74, 6) is 1.60. The largest absolute Gasteiger partial charge is 0.391 e. The van der Waals surface area contributed by atoms with Crippen molar-refractivity contribution in [2.45, 2.75) is 44.9 Å². The first-order valence-electron chi connectivity index (χ1n) is 7.59. The summed E-state index contributed by atoms with van der Waals surface area (Å²) in [6.45, 7) is 4.90. The highest BCUT2D eigenvalue weighted by Crippen LogP contribution is 2.55. The Bertz CT molecular complexity index is 551. The van der Waals surface area contributed by atoms with Crippen molar-refractivity contribution in [1.82, 2.24) is 14.7 Å². The van der Waals surface area contributed by atoms with Crippen LogP contribution in [0.15, 0.2) is 12.4 Å². The van der Waals surface area contributed by atoms with Gasteiger partial charge in [0.25, 0.3) is 5.91 Å². The maximum absolute atomic E-state index is 12.7. The monoisotopic (exact) mass is 275 g/mol. The average Bonchev–Trinajstić information content (AvgIpc) is 3.11. The van der Waals surface area contributed by atoms with Crippen LogP contribution in [0.3, 0.4) is 0 Å². The minimum Gasteiger partial charge on any atom is -0.391 e. The maximum Gasteiger partial charge on any atom is 0.257 e. The van der Waals surface area contributed by atoms with Gasteiger partial charge in [0, 0.05) is 18.8 Å². The van der Waals surface area contributed by atoms with E-state index in [9.17, 15) is 9.90 Å². The molecule has 1 aromatic heterocycles. The third-order valence-electron chi connectivity index (χ3n) is 5.49. The molecule has 2 heterocycles. The van der Waals surface area contributed by atoms with Crippen molar-refractivity contribution >= 4 is 5.91 Å². The number of amides is 1. The fourth-order valence-electron chi connectivity index (χ4n) is 4.55. The van der Waals surface area contributed by atoms with Gasteiger partial charge in [-0.2, -0.15) is 5.10 Å². The Labute approximate surface area is 118 Å². The number of rotatable bonds is 2. The zero-order valence-electron chi connectivity index (χ0n) is 11.9. The molecule has 1 aromatic rings. The predicted octanol–water partition coefficient (Wildman–Crippen LogP) is 1.31. The van der Waals surface area contributed by atoms with Gasteiger partial charge in [0.05, 0.1) is 23.9 Å². The van der Waals surface area contributed by atoms with Crippen LogP contribution in [-0.4, -0.2) is 44.4 Å². The van der Waals surface area contributed by atoms with Crippen molar-refractivity contribution in [3.8, 4) is 0 Å². The molecule has 5 unspecified atom stereocenters. The van der Waals surface area contributed by atoms with Crippen LogP contribution in [-0.2, 0) is 0 Å². The molecule has 0 radical (unpaired) electrons. The lowest BCUT2D eigenvalue weighted by Gasteiger charge is -2.28. The van der Waals surface area contributed by atoms with Crippen molar-refractivity contribution < 1.29 is 9.90 Å². The molecular weight excluding hydrogens is 254 g/mol. The zero-order chi connectivity index (χ0) is 14.0. The average molecular weight is 275 g/mol. The Morgan fingerprint density at radius 2 is 2.20 bits per heavy atom. The van der Waals surface area contributed by atoms with Crippen molar-refractivity contribution in [2.24, 2.45) is 17.8 Å². The first-order valence-corrected chi connectivity index (χ1v) is 7.59. The van der Waals surface area contributed by atoms with Crippen molar-refractivity contribution in [3.63, 3.8) is 0 Å². The highest BCUT2D eigenvalue weighted by molar-refractivity contribution is 5.94. The molecule has 0 spiro atoms. The Balaban J connectivity index is 1.60. The van der Waals surface area contributed by atoms with E-state index in [1.54, 1.807) is 6.20 Å². The van der Waals surface area contributed by atoms with E-state index in [2.05, 4.69) is 5.10 Å².